The maximum Gasteiger partial charge on any atom is 0.263 e. The van der Waals surface area contributed by atoms with Gasteiger partial charge >= 0.3 is 0 Å². The largest absolute Gasteiger partial charge is 0.294 e. The van der Waals surface area contributed by atoms with Crippen LogP contribution in [0.4, 0.5) is 8.78 Å². The first-order chi connectivity index (χ1) is 9.65. The molecule has 0 unspecified atom stereocenters. The van der Waals surface area contributed by atoms with Gasteiger partial charge in [0.15, 0.2) is 11.6 Å². The molecule has 20 heavy (non-hydrogen) atoms. The van der Waals surface area contributed by atoms with Gasteiger partial charge in [-0.25, -0.2) is 18.7 Å². The van der Waals surface area contributed by atoms with Gasteiger partial charge in [0.1, 0.15) is 0 Å². The molecule has 0 saturated heterocycles. The third kappa shape index (κ3) is 2.31. The molecule has 1 aromatic heterocycles. The van der Waals surface area contributed by atoms with Crippen molar-refractivity contribution in [3.05, 3.63) is 47.3 Å². The second kappa shape index (κ2) is 5.07. The van der Waals surface area contributed by atoms with Gasteiger partial charge in [0, 0.05) is 23.7 Å². The van der Waals surface area contributed by atoms with Crippen LogP contribution >= 0.6 is 0 Å². The smallest absolute Gasteiger partial charge is 0.263 e. The molecule has 3 nitrogen and oxygen atoms in total. The molecule has 1 aliphatic carbocycles. The Kier molecular flexibility index (Phi) is 3.26. The average molecular weight is 274 g/mol. The van der Waals surface area contributed by atoms with E-state index in [2.05, 4.69) is 9.97 Å². The molecule has 0 saturated carbocycles. The number of ketones is 1. The topological polar surface area (TPSA) is 42.9 Å². The molecule has 0 radical (unpaired) electrons. The monoisotopic (exact) mass is 274 g/mol. The lowest BCUT2D eigenvalue weighted by Crippen LogP contribution is -2.13. The second-order valence-corrected chi connectivity index (χ2v) is 4.75. The third-order valence-corrected chi connectivity index (χ3v) is 3.41. The lowest BCUT2D eigenvalue weighted by atomic mass is 9.96. The molecule has 3 rings (SSSR count). The lowest BCUT2D eigenvalue weighted by Gasteiger charge is -2.13. The van der Waals surface area contributed by atoms with Crippen LogP contribution in [-0.4, -0.2) is 15.8 Å². The fourth-order valence-corrected chi connectivity index (χ4v) is 2.31. The predicted octanol–water partition coefficient (Wildman–Crippen LogP) is 3.60. The van der Waals surface area contributed by atoms with Gasteiger partial charge < -0.3 is 0 Å². The molecule has 102 valence electrons. The number of alkyl halides is 2. The summed E-state index contributed by atoms with van der Waals surface area (Å²) < 4.78 is 25.0. The van der Waals surface area contributed by atoms with Gasteiger partial charge in [0.25, 0.3) is 6.43 Å². The molecule has 1 aliphatic rings. The van der Waals surface area contributed by atoms with Gasteiger partial charge in [-0.1, -0.05) is 24.3 Å². The van der Waals surface area contributed by atoms with Gasteiger partial charge in [0.05, 0.1) is 11.3 Å². The van der Waals surface area contributed by atoms with Crippen LogP contribution in [0, 0.1) is 0 Å². The summed E-state index contributed by atoms with van der Waals surface area (Å²) in [5.41, 5.74) is 1.99. The lowest BCUT2D eigenvalue weighted by molar-refractivity contribution is 0.0971. The van der Waals surface area contributed by atoms with E-state index in [0.717, 1.165) is 18.5 Å². The van der Waals surface area contributed by atoms with Crippen LogP contribution in [0.5, 0.6) is 0 Å². The molecule has 5 heteroatoms. The fourth-order valence-electron chi connectivity index (χ4n) is 2.31. The quantitative estimate of drug-likeness (QED) is 0.840. The molecule has 0 bridgehead atoms. The summed E-state index contributed by atoms with van der Waals surface area (Å²) in [7, 11) is 0. The van der Waals surface area contributed by atoms with Crippen LogP contribution in [0.1, 0.15) is 40.9 Å². The van der Waals surface area contributed by atoms with Gasteiger partial charge in [0.2, 0.25) is 0 Å². The molecule has 1 heterocycles. The number of Topliss-reactive ketones (excluding diaryl/α,β-unsaturated/α-hetero) is 1. The van der Waals surface area contributed by atoms with Crippen LogP contribution in [-0.2, 0) is 6.42 Å². The predicted molar refractivity (Wildman–Crippen MR) is 69.7 cm³/mol. The molecule has 2 aromatic rings. The van der Waals surface area contributed by atoms with Crippen molar-refractivity contribution in [3.8, 4) is 11.4 Å². The standard InChI is InChI=1S/C15H12F2N2O/c16-14(17)9-4-6-10(7-5-9)15-18-8-11-12(19-15)2-1-3-13(11)20/h4-8,14H,1-3H2. The minimum Gasteiger partial charge on any atom is -0.294 e. The molecule has 0 amide bonds. The van der Waals surface area contributed by atoms with E-state index in [0.29, 0.717) is 23.4 Å². The Labute approximate surface area is 114 Å². The molecule has 0 atom stereocenters. The number of aryl methyl sites for hydroxylation is 1. The first-order valence-corrected chi connectivity index (χ1v) is 6.43. The van der Waals surface area contributed by atoms with E-state index < -0.39 is 6.43 Å². The van der Waals surface area contributed by atoms with E-state index in [-0.39, 0.29) is 11.3 Å². The van der Waals surface area contributed by atoms with Crippen molar-refractivity contribution in [3.63, 3.8) is 0 Å². The van der Waals surface area contributed by atoms with Crippen molar-refractivity contribution in [2.45, 2.75) is 25.7 Å². The zero-order chi connectivity index (χ0) is 14.1. The number of carbonyl (C=O) groups excluding carboxylic acids is 1. The molecule has 0 spiro atoms. The highest BCUT2D eigenvalue weighted by molar-refractivity contribution is 5.97. The number of nitrogens with zero attached hydrogens (tertiary/aromatic N) is 2. The first kappa shape index (κ1) is 12.8. The third-order valence-electron chi connectivity index (χ3n) is 3.41. The fraction of sp³-hybridized carbons (Fsp3) is 0.267. The number of halogens is 2. The Morgan fingerprint density at radius 1 is 1.10 bits per heavy atom. The van der Waals surface area contributed by atoms with Crippen molar-refractivity contribution in [2.75, 3.05) is 0 Å². The minimum absolute atomic E-state index is 0.0260. The molecule has 0 N–H and O–H groups in total. The molecule has 1 aromatic carbocycles. The van der Waals surface area contributed by atoms with Gasteiger partial charge in [-0.15, -0.1) is 0 Å². The summed E-state index contributed by atoms with van der Waals surface area (Å²) in [4.78, 5) is 20.2. The SMILES string of the molecule is O=C1CCCc2nc(-c3ccc(C(F)F)cc3)ncc21. The Balaban J connectivity index is 1.96. The maximum atomic E-state index is 12.5. The number of hydrogen-bond donors (Lipinski definition) is 0. The Bertz CT molecular complexity index is 653. The minimum atomic E-state index is -2.48. The summed E-state index contributed by atoms with van der Waals surface area (Å²) in [6.45, 7) is 0. The zero-order valence-electron chi connectivity index (χ0n) is 10.6. The molecule has 0 fully saturated rings. The highest BCUT2D eigenvalue weighted by atomic mass is 19.3. The van der Waals surface area contributed by atoms with E-state index >= 15 is 0 Å². The zero-order valence-corrected chi connectivity index (χ0v) is 10.6. The van der Waals surface area contributed by atoms with Crippen molar-refractivity contribution in [2.24, 2.45) is 0 Å². The van der Waals surface area contributed by atoms with E-state index in [4.69, 9.17) is 0 Å². The van der Waals surface area contributed by atoms with Crippen molar-refractivity contribution >= 4 is 5.78 Å². The Morgan fingerprint density at radius 3 is 2.55 bits per heavy atom. The van der Waals surface area contributed by atoms with E-state index in [1.165, 1.54) is 12.1 Å². The number of hydrogen-bond acceptors (Lipinski definition) is 3. The number of rotatable bonds is 2. The second-order valence-electron chi connectivity index (χ2n) is 4.75. The summed E-state index contributed by atoms with van der Waals surface area (Å²) in [6, 6.07) is 5.89. The highest BCUT2D eigenvalue weighted by Crippen LogP contribution is 2.24. The molecular formula is C15H12F2N2O. The average Bonchev–Trinajstić information content (AvgIpc) is 2.47. The number of aromatic nitrogens is 2. The number of fused-ring (bicyclic) bond motifs is 1. The summed E-state index contributed by atoms with van der Waals surface area (Å²) in [5.74, 6) is 0.546. The highest BCUT2D eigenvalue weighted by Gasteiger charge is 2.19. The van der Waals surface area contributed by atoms with Crippen LogP contribution in [0.2, 0.25) is 0 Å². The number of carbonyl (C=O) groups is 1. The van der Waals surface area contributed by atoms with Crippen molar-refractivity contribution in [1.29, 1.82) is 0 Å². The van der Waals surface area contributed by atoms with Gasteiger partial charge in [-0.3, -0.25) is 4.79 Å². The van der Waals surface area contributed by atoms with Crippen LogP contribution in [0.15, 0.2) is 30.5 Å². The molecule has 0 aliphatic heterocycles. The maximum absolute atomic E-state index is 12.5. The first-order valence-electron chi connectivity index (χ1n) is 6.43. The van der Waals surface area contributed by atoms with Crippen LogP contribution in [0.3, 0.4) is 0 Å². The summed E-state index contributed by atoms with van der Waals surface area (Å²) >= 11 is 0. The normalized spacial score (nSPS) is 14.4. The van der Waals surface area contributed by atoms with Gasteiger partial charge in [-0.05, 0) is 12.8 Å². The Morgan fingerprint density at radius 2 is 1.85 bits per heavy atom. The van der Waals surface area contributed by atoms with Crippen LogP contribution < -0.4 is 0 Å². The number of benzene rings is 1. The van der Waals surface area contributed by atoms with E-state index in [1.807, 2.05) is 0 Å². The van der Waals surface area contributed by atoms with Crippen molar-refractivity contribution < 1.29 is 13.6 Å². The van der Waals surface area contributed by atoms with Crippen molar-refractivity contribution in [1.82, 2.24) is 9.97 Å². The summed E-state index contributed by atoms with van der Waals surface area (Å²) in [5, 5.41) is 0. The summed E-state index contributed by atoms with van der Waals surface area (Å²) in [6.07, 6.45) is 1.16. The molecular weight excluding hydrogens is 262 g/mol. The van der Waals surface area contributed by atoms with Crippen LogP contribution in [0.25, 0.3) is 11.4 Å². The van der Waals surface area contributed by atoms with Gasteiger partial charge in [-0.2, -0.15) is 0 Å². The Hall–Kier alpha value is -2.17. The van der Waals surface area contributed by atoms with E-state index in [1.54, 1.807) is 18.3 Å². The van der Waals surface area contributed by atoms with E-state index in [9.17, 15) is 13.6 Å².